The van der Waals surface area contributed by atoms with E-state index in [9.17, 15) is 29.1 Å². The van der Waals surface area contributed by atoms with Gasteiger partial charge < -0.3 is 33.5 Å². The van der Waals surface area contributed by atoms with Crippen molar-refractivity contribution in [3.63, 3.8) is 0 Å². The molecule has 12 heteroatoms. The van der Waals surface area contributed by atoms with E-state index < -0.39 is 89.0 Å². The van der Waals surface area contributed by atoms with Gasteiger partial charge in [0, 0.05) is 39.5 Å². The third-order valence-electron chi connectivity index (χ3n) is 9.06. The van der Waals surface area contributed by atoms with Gasteiger partial charge in [0.05, 0.1) is 5.41 Å². The van der Waals surface area contributed by atoms with Crippen LogP contribution >= 0.6 is 0 Å². The number of aliphatic hydroxyl groups is 1. The highest BCUT2D eigenvalue weighted by molar-refractivity contribution is 5.89. The quantitative estimate of drug-likeness (QED) is 0.207. The summed E-state index contributed by atoms with van der Waals surface area (Å²) in [6.45, 7) is 12.0. The first-order chi connectivity index (χ1) is 19.5. The summed E-state index contributed by atoms with van der Waals surface area (Å²) < 4.78 is 35.3. The molecule has 2 saturated heterocycles. The van der Waals surface area contributed by atoms with E-state index >= 15 is 0 Å². The molecule has 0 amide bonds. The zero-order valence-electron chi connectivity index (χ0n) is 25.3. The summed E-state index contributed by atoms with van der Waals surface area (Å²) in [5.74, 6) is -4.28. The number of hydrogen-bond donors (Lipinski definition) is 1. The Labute approximate surface area is 244 Å². The van der Waals surface area contributed by atoms with Crippen LogP contribution in [0.2, 0.25) is 0 Å². The van der Waals surface area contributed by atoms with Crippen LogP contribution in [0.25, 0.3) is 0 Å². The van der Waals surface area contributed by atoms with Crippen LogP contribution in [-0.2, 0) is 52.4 Å². The van der Waals surface area contributed by atoms with Crippen molar-refractivity contribution in [2.75, 3.05) is 0 Å². The van der Waals surface area contributed by atoms with Crippen LogP contribution in [0.15, 0.2) is 23.3 Å². The lowest BCUT2D eigenvalue weighted by atomic mass is 9.56. The Bertz CT molecular complexity index is 1240. The first-order valence-corrected chi connectivity index (χ1v) is 14.2. The van der Waals surface area contributed by atoms with Crippen LogP contribution in [-0.4, -0.2) is 82.8 Å². The fraction of sp³-hybridized carbons (Fsp3) is 0.700. The smallest absolute Gasteiger partial charge is 0.342 e. The molecule has 1 spiro atoms. The van der Waals surface area contributed by atoms with Crippen molar-refractivity contribution in [2.45, 2.75) is 122 Å². The van der Waals surface area contributed by atoms with Gasteiger partial charge in [-0.2, -0.15) is 0 Å². The molecule has 0 unspecified atom stereocenters. The van der Waals surface area contributed by atoms with Gasteiger partial charge in [0.15, 0.2) is 23.4 Å². The second kappa shape index (κ2) is 11.1. The zero-order valence-corrected chi connectivity index (χ0v) is 25.3. The van der Waals surface area contributed by atoms with Gasteiger partial charge in [-0.25, -0.2) is 4.79 Å². The summed E-state index contributed by atoms with van der Waals surface area (Å²) in [5.41, 5.74) is -3.59. The van der Waals surface area contributed by atoms with E-state index in [1.807, 2.05) is 6.08 Å². The molecule has 0 aromatic carbocycles. The Morgan fingerprint density at radius 3 is 2.10 bits per heavy atom. The normalized spacial score (nSPS) is 41.7. The number of rotatable bonds is 6. The van der Waals surface area contributed by atoms with E-state index in [-0.39, 0.29) is 18.4 Å². The number of fused-ring (bicyclic) bond motifs is 1. The topological polar surface area (TPSA) is 164 Å². The number of aliphatic hydroxyl groups excluding tert-OH is 1. The Balaban J connectivity index is 2.06. The van der Waals surface area contributed by atoms with Crippen LogP contribution in [0.5, 0.6) is 0 Å². The van der Waals surface area contributed by atoms with Gasteiger partial charge in [-0.05, 0) is 38.8 Å². The molecule has 0 bridgehead atoms. The van der Waals surface area contributed by atoms with Crippen molar-refractivity contribution in [1.82, 2.24) is 0 Å². The molecule has 0 radical (unpaired) electrons. The molecule has 12 nitrogen and oxygen atoms in total. The molecule has 2 heterocycles. The van der Waals surface area contributed by atoms with Crippen LogP contribution in [0.4, 0.5) is 0 Å². The molecule has 1 N–H and O–H groups in total. The Kier molecular flexibility index (Phi) is 8.38. The number of epoxide rings is 1. The summed E-state index contributed by atoms with van der Waals surface area (Å²) >= 11 is 0. The third-order valence-corrected chi connectivity index (χ3v) is 9.06. The fourth-order valence-corrected chi connectivity index (χ4v) is 7.13. The minimum atomic E-state index is -1.67. The van der Waals surface area contributed by atoms with Crippen LogP contribution < -0.4 is 0 Å². The van der Waals surface area contributed by atoms with Gasteiger partial charge in [0.1, 0.15) is 24.4 Å². The SMILES string of the molecule is CCCC(=O)O[C@@H]1/C(C)=C/[C@@H]2OC(=O)[C@]3(C)O[C@]23[C@@H](OC(C)=O)[C@H]2C(C)=CC[C@H](OC(C)=O)[C@]2(C)[C@@H](OC(C)=O)[C@H]1O. The van der Waals surface area contributed by atoms with Crippen molar-refractivity contribution in [1.29, 1.82) is 0 Å². The van der Waals surface area contributed by atoms with E-state index in [0.29, 0.717) is 12.0 Å². The third kappa shape index (κ3) is 4.92. The van der Waals surface area contributed by atoms with Gasteiger partial charge in [-0.1, -0.05) is 25.5 Å². The predicted molar refractivity (Wildman–Crippen MR) is 143 cm³/mol. The number of hydrogen-bond acceptors (Lipinski definition) is 12. The molecule has 0 saturated carbocycles. The molecule has 2 fully saturated rings. The first kappa shape index (κ1) is 31.7. The molecular formula is C30H40O12. The first-order valence-electron chi connectivity index (χ1n) is 14.2. The number of carbonyl (C=O) groups excluding carboxylic acids is 5. The maximum Gasteiger partial charge on any atom is 0.342 e. The Hall–Kier alpha value is -3.25. The Morgan fingerprint density at radius 1 is 0.952 bits per heavy atom. The maximum atomic E-state index is 13.2. The second-order valence-electron chi connectivity index (χ2n) is 12.0. The number of ether oxygens (including phenoxy) is 6. The molecule has 10 atom stereocenters. The lowest BCUT2D eigenvalue weighted by molar-refractivity contribution is -0.218. The number of esters is 5. The largest absolute Gasteiger partial charge is 0.461 e. The molecular weight excluding hydrogens is 552 g/mol. The molecule has 0 aromatic heterocycles. The predicted octanol–water partition coefficient (Wildman–Crippen LogP) is 2.24. The Morgan fingerprint density at radius 2 is 1.55 bits per heavy atom. The van der Waals surface area contributed by atoms with Crippen molar-refractivity contribution in [2.24, 2.45) is 11.3 Å². The summed E-state index contributed by atoms with van der Waals surface area (Å²) in [5, 5.41) is 12.0. The van der Waals surface area contributed by atoms with Gasteiger partial charge in [-0.3, -0.25) is 19.2 Å². The van der Waals surface area contributed by atoms with Crippen molar-refractivity contribution in [3.05, 3.63) is 23.3 Å². The maximum absolute atomic E-state index is 13.2. The highest BCUT2D eigenvalue weighted by Crippen LogP contribution is 2.65. The monoisotopic (exact) mass is 592 g/mol. The summed E-state index contributed by atoms with van der Waals surface area (Å²) in [4.78, 5) is 63.6. The van der Waals surface area contributed by atoms with Gasteiger partial charge in [0.25, 0.3) is 0 Å². The van der Waals surface area contributed by atoms with E-state index in [0.717, 1.165) is 0 Å². The molecule has 232 valence electrons. The molecule has 2 aliphatic heterocycles. The van der Waals surface area contributed by atoms with E-state index in [1.165, 1.54) is 26.8 Å². The lowest BCUT2D eigenvalue weighted by Gasteiger charge is -2.54. The average Bonchev–Trinajstić information content (AvgIpc) is 3.47. The minimum Gasteiger partial charge on any atom is -0.461 e. The molecule has 42 heavy (non-hydrogen) atoms. The fourth-order valence-electron chi connectivity index (χ4n) is 7.13. The minimum absolute atomic E-state index is 0.0601. The average molecular weight is 593 g/mol. The summed E-state index contributed by atoms with van der Waals surface area (Å²) in [7, 11) is 0. The highest BCUT2D eigenvalue weighted by atomic mass is 16.7. The molecule has 4 aliphatic rings. The van der Waals surface area contributed by atoms with E-state index in [2.05, 4.69) is 0 Å². The van der Waals surface area contributed by atoms with Gasteiger partial charge >= 0.3 is 29.8 Å². The molecule has 4 rings (SSSR count). The van der Waals surface area contributed by atoms with Crippen LogP contribution in [0.1, 0.15) is 74.7 Å². The second-order valence-corrected chi connectivity index (χ2v) is 12.0. The van der Waals surface area contributed by atoms with Crippen molar-refractivity contribution in [3.8, 4) is 0 Å². The van der Waals surface area contributed by atoms with E-state index in [1.54, 1.807) is 34.6 Å². The molecule has 0 aromatic rings. The lowest BCUT2D eigenvalue weighted by Crippen LogP contribution is -2.65. The van der Waals surface area contributed by atoms with Crippen LogP contribution in [0.3, 0.4) is 0 Å². The summed E-state index contributed by atoms with van der Waals surface area (Å²) in [6.07, 6.45) is -3.75. The standard InChI is InChI=1S/C30H40O12/c1-9-10-21(34)41-24-15(3)13-20-30(29(8,42-30)27(36)40-20)25(38-17(5)32)22-14(2)11-12-19(37-16(4)31)28(22,7)26(23(24)35)39-18(6)33/h11,13,19-20,22-26,35H,9-10,12H2,1-8H3/b15-13+/t19-,20-,22+,23-,24+,25-,26-,28-,29-,30-/m0/s1. The summed E-state index contributed by atoms with van der Waals surface area (Å²) in [6, 6.07) is 0. The van der Waals surface area contributed by atoms with Gasteiger partial charge in [0.2, 0.25) is 0 Å². The van der Waals surface area contributed by atoms with Gasteiger partial charge in [-0.15, -0.1) is 0 Å². The van der Waals surface area contributed by atoms with Crippen molar-refractivity contribution >= 4 is 29.8 Å². The number of carbonyl (C=O) groups is 5. The zero-order chi connectivity index (χ0) is 31.4. The van der Waals surface area contributed by atoms with Crippen molar-refractivity contribution < 1.29 is 57.5 Å². The van der Waals surface area contributed by atoms with Crippen LogP contribution in [0, 0.1) is 11.3 Å². The van der Waals surface area contributed by atoms with E-state index in [4.69, 9.17) is 28.4 Å². The highest BCUT2D eigenvalue weighted by Gasteiger charge is 2.87. The molecule has 2 aliphatic carbocycles.